The summed E-state index contributed by atoms with van der Waals surface area (Å²) in [6.07, 6.45) is 0. The molecule has 242 valence electrons. The molecule has 0 spiro atoms. The van der Waals surface area contributed by atoms with Gasteiger partial charge in [-0.1, -0.05) is 147 Å². The van der Waals surface area contributed by atoms with Crippen molar-refractivity contribution in [3.05, 3.63) is 187 Å². The van der Waals surface area contributed by atoms with Crippen molar-refractivity contribution >= 4 is 59.3 Å². The molecule has 0 fully saturated rings. The van der Waals surface area contributed by atoms with E-state index in [0.717, 1.165) is 11.4 Å². The summed E-state index contributed by atoms with van der Waals surface area (Å²) in [7, 11) is 0. The Morgan fingerprint density at radius 2 is 1.16 bits per heavy atom. The molecule has 0 aliphatic heterocycles. The van der Waals surface area contributed by atoms with Crippen molar-refractivity contribution in [1.82, 2.24) is 0 Å². The molecule has 0 bridgehead atoms. The van der Waals surface area contributed by atoms with Crippen LogP contribution in [0.25, 0.3) is 64.3 Å². The minimum Gasteiger partial charge on any atom is -0.309 e. The van der Waals surface area contributed by atoms with Crippen LogP contribution in [0, 0.1) is 0 Å². The molecule has 51 heavy (non-hydrogen) atoms. The van der Waals surface area contributed by atoms with E-state index in [9.17, 15) is 0 Å². The molecule has 1 aromatic heterocycles. The fourth-order valence-electron chi connectivity index (χ4n) is 8.30. The molecule has 2 heteroatoms. The average molecular weight is 670 g/mol. The van der Waals surface area contributed by atoms with Gasteiger partial charge in [-0.15, -0.1) is 11.3 Å². The first-order chi connectivity index (χ1) is 25.0. The van der Waals surface area contributed by atoms with Crippen LogP contribution in [0.2, 0.25) is 0 Å². The minimum atomic E-state index is -0.105. The highest BCUT2D eigenvalue weighted by Gasteiger charge is 2.37. The number of hydrogen-bond donors (Lipinski definition) is 0. The molecule has 0 saturated carbocycles. The van der Waals surface area contributed by atoms with Gasteiger partial charge in [0.15, 0.2) is 0 Å². The van der Waals surface area contributed by atoms with E-state index in [0.29, 0.717) is 0 Å². The molecular weight excluding hydrogens is 635 g/mol. The Bertz CT molecular complexity index is 2770. The highest BCUT2D eigenvalue weighted by atomic mass is 32.1. The van der Waals surface area contributed by atoms with Crippen LogP contribution >= 0.6 is 11.3 Å². The van der Waals surface area contributed by atoms with Crippen molar-refractivity contribution in [2.24, 2.45) is 0 Å². The number of hydrogen-bond acceptors (Lipinski definition) is 2. The molecule has 9 aromatic rings. The van der Waals surface area contributed by atoms with Gasteiger partial charge in [-0.3, -0.25) is 0 Å². The molecule has 1 heterocycles. The van der Waals surface area contributed by atoms with Crippen LogP contribution in [0.4, 0.5) is 17.1 Å². The van der Waals surface area contributed by atoms with E-state index in [4.69, 9.17) is 0 Å². The zero-order valence-corrected chi connectivity index (χ0v) is 29.4. The zero-order chi connectivity index (χ0) is 34.1. The SMILES string of the molecule is CC1(C)c2ccc(N(c3ccc(-c4ccc5ccccc5c4)cc3)c3cccc4c3sc3ccccc34)cc2-c2c(-c3ccccc3)cccc21. The Morgan fingerprint density at radius 3 is 2.02 bits per heavy atom. The second kappa shape index (κ2) is 11.6. The highest BCUT2D eigenvalue weighted by Crippen LogP contribution is 2.54. The second-order valence-corrected chi connectivity index (χ2v) is 15.2. The first-order valence-electron chi connectivity index (χ1n) is 17.7. The Hall–Kier alpha value is -5.96. The van der Waals surface area contributed by atoms with Crippen LogP contribution in [0.1, 0.15) is 25.0 Å². The number of rotatable bonds is 5. The number of benzene rings is 8. The molecule has 0 unspecified atom stereocenters. The first-order valence-corrected chi connectivity index (χ1v) is 18.5. The van der Waals surface area contributed by atoms with E-state index >= 15 is 0 Å². The van der Waals surface area contributed by atoms with Gasteiger partial charge in [-0.25, -0.2) is 0 Å². The molecule has 0 radical (unpaired) electrons. The summed E-state index contributed by atoms with van der Waals surface area (Å²) in [6.45, 7) is 4.74. The van der Waals surface area contributed by atoms with Gasteiger partial charge in [0.2, 0.25) is 0 Å². The van der Waals surface area contributed by atoms with Gasteiger partial charge in [0.1, 0.15) is 0 Å². The predicted octanol–water partition coefficient (Wildman–Crippen LogP) is 14.3. The number of nitrogens with zero attached hydrogens (tertiary/aromatic N) is 1. The van der Waals surface area contributed by atoms with Crippen molar-refractivity contribution in [1.29, 1.82) is 0 Å². The lowest BCUT2D eigenvalue weighted by atomic mass is 9.82. The van der Waals surface area contributed by atoms with Gasteiger partial charge in [0, 0.05) is 32.3 Å². The van der Waals surface area contributed by atoms with E-state index in [1.165, 1.54) is 81.1 Å². The topological polar surface area (TPSA) is 3.24 Å². The summed E-state index contributed by atoms with van der Waals surface area (Å²) in [4.78, 5) is 2.47. The van der Waals surface area contributed by atoms with Gasteiger partial charge < -0.3 is 4.90 Å². The quantitative estimate of drug-likeness (QED) is 0.176. The predicted molar refractivity (Wildman–Crippen MR) is 220 cm³/mol. The van der Waals surface area contributed by atoms with Crippen LogP contribution in [-0.4, -0.2) is 0 Å². The molecule has 0 amide bonds. The second-order valence-electron chi connectivity index (χ2n) is 14.1. The van der Waals surface area contributed by atoms with E-state index in [1.54, 1.807) is 0 Å². The van der Waals surface area contributed by atoms with Crippen molar-refractivity contribution in [3.8, 4) is 33.4 Å². The molecule has 1 aliphatic carbocycles. The van der Waals surface area contributed by atoms with E-state index in [2.05, 4.69) is 195 Å². The van der Waals surface area contributed by atoms with E-state index in [-0.39, 0.29) is 5.41 Å². The third-order valence-electron chi connectivity index (χ3n) is 10.9. The van der Waals surface area contributed by atoms with Crippen LogP contribution in [0.15, 0.2) is 176 Å². The van der Waals surface area contributed by atoms with Crippen molar-refractivity contribution in [2.45, 2.75) is 19.3 Å². The summed E-state index contributed by atoms with van der Waals surface area (Å²) in [5, 5.41) is 5.12. The zero-order valence-electron chi connectivity index (χ0n) is 28.6. The fraction of sp³-hybridized carbons (Fsp3) is 0.0612. The molecule has 10 rings (SSSR count). The molecule has 0 saturated heterocycles. The molecule has 0 N–H and O–H groups in total. The van der Waals surface area contributed by atoms with Gasteiger partial charge in [-0.2, -0.15) is 0 Å². The highest BCUT2D eigenvalue weighted by molar-refractivity contribution is 7.26. The summed E-state index contributed by atoms with van der Waals surface area (Å²) in [5.41, 5.74) is 13.8. The fourth-order valence-corrected chi connectivity index (χ4v) is 9.50. The van der Waals surface area contributed by atoms with Gasteiger partial charge >= 0.3 is 0 Å². The smallest absolute Gasteiger partial charge is 0.0640 e. The van der Waals surface area contributed by atoms with Gasteiger partial charge in [0.25, 0.3) is 0 Å². The standard InChI is InChI=1S/C49H35NS/c1-49(2)43-29-28-38(31-42(43)47-39(17-10-19-44(47)49)34-13-4-3-5-14-34)50(45-20-11-18-41-40-16-8-9-21-46(40)51-48(41)45)37-26-24-33(25-27-37)36-23-22-32-12-6-7-15-35(32)30-36/h3-31H,1-2H3. The van der Waals surface area contributed by atoms with E-state index in [1.807, 2.05) is 11.3 Å². The van der Waals surface area contributed by atoms with Crippen molar-refractivity contribution in [3.63, 3.8) is 0 Å². The Balaban J connectivity index is 1.18. The number of anilines is 3. The molecule has 8 aromatic carbocycles. The minimum absolute atomic E-state index is 0.105. The lowest BCUT2D eigenvalue weighted by molar-refractivity contribution is 0.660. The lowest BCUT2D eigenvalue weighted by Gasteiger charge is -2.28. The maximum absolute atomic E-state index is 2.47. The lowest BCUT2D eigenvalue weighted by Crippen LogP contribution is -2.15. The summed E-state index contributed by atoms with van der Waals surface area (Å²) >= 11 is 1.88. The normalized spacial score (nSPS) is 13.1. The Kier molecular flexibility index (Phi) is 6.78. The molecular formula is C49H35NS. The largest absolute Gasteiger partial charge is 0.309 e. The Labute approximate surface area is 302 Å². The molecule has 1 nitrogen and oxygen atoms in total. The van der Waals surface area contributed by atoms with Crippen molar-refractivity contribution in [2.75, 3.05) is 4.90 Å². The summed E-state index contributed by atoms with van der Waals surface area (Å²) < 4.78 is 2.60. The van der Waals surface area contributed by atoms with Crippen LogP contribution in [-0.2, 0) is 5.41 Å². The number of thiophene rings is 1. The van der Waals surface area contributed by atoms with Gasteiger partial charge in [-0.05, 0) is 97.7 Å². The molecule has 1 aliphatic rings. The van der Waals surface area contributed by atoms with Crippen LogP contribution in [0.3, 0.4) is 0 Å². The van der Waals surface area contributed by atoms with Crippen molar-refractivity contribution < 1.29 is 0 Å². The summed E-state index contributed by atoms with van der Waals surface area (Å²) in [6, 6.07) is 64.8. The first kappa shape index (κ1) is 29.9. The monoisotopic (exact) mass is 669 g/mol. The third-order valence-corrected chi connectivity index (χ3v) is 12.1. The maximum atomic E-state index is 2.47. The van der Waals surface area contributed by atoms with E-state index < -0.39 is 0 Å². The van der Waals surface area contributed by atoms with Crippen LogP contribution in [0.5, 0.6) is 0 Å². The van der Waals surface area contributed by atoms with Gasteiger partial charge in [0.05, 0.1) is 10.4 Å². The summed E-state index contributed by atoms with van der Waals surface area (Å²) in [5.74, 6) is 0. The maximum Gasteiger partial charge on any atom is 0.0640 e. The Morgan fingerprint density at radius 1 is 0.451 bits per heavy atom. The molecule has 0 atom stereocenters. The number of fused-ring (bicyclic) bond motifs is 7. The third kappa shape index (κ3) is 4.75. The average Bonchev–Trinajstić information content (AvgIpc) is 3.68. The van der Waals surface area contributed by atoms with Crippen LogP contribution < -0.4 is 4.90 Å².